The van der Waals surface area contributed by atoms with E-state index in [-0.39, 0.29) is 40.5 Å². The number of carbonyl (C=O) groups is 2. The van der Waals surface area contributed by atoms with Crippen molar-refractivity contribution in [3.8, 4) is 5.88 Å². The maximum Gasteiger partial charge on any atom is 0.308 e. The third-order valence-electron chi connectivity index (χ3n) is 7.09. The molecule has 3 heterocycles. The van der Waals surface area contributed by atoms with Crippen molar-refractivity contribution in [3.05, 3.63) is 41.1 Å². The predicted molar refractivity (Wildman–Crippen MR) is 133 cm³/mol. The molecule has 2 unspecified atom stereocenters. The van der Waals surface area contributed by atoms with Crippen molar-refractivity contribution in [3.63, 3.8) is 0 Å². The van der Waals surface area contributed by atoms with Crippen LogP contribution in [0.3, 0.4) is 0 Å². The van der Waals surface area contributed by atoms with Gasteiger partial charge >= 0.3 is 5.97 Å². The minimum absolute atomic E-state index is 0.190. The summed E-state index contributed by atoms with van der Waals surface area (Å²) in [5, 5.41) is 7.19. The van der Waals surface area contributed by atoms with Gasteiger partial charge in [-0.2, -0.15) is 5.10 Å². The van der Waals surface area contributed by atoms with E-state index < -0.39 is 20.0 Å². The average Bonchev–Trinajstić information content (AvgIpc) is 3.42. The lowest BCUT2D eigenvalue weighted by Gasteiger charge is -2.38. The molecule has 11 heteroatoms. The Morgan fingerprint density at radius 3 is 2.67 bits per heavy atom. The third-order valence-corrected chi connectivity index (χ3v) is 8.80. The maximum atomic E-state index is 14.9. The quantitative estimate of drug-likeness (QED) is 0.396. The highest BCUT2D eigenvalue weighted by molar-refractivity contribution is 6.76. The molecule has 1 saturated heterocycles. The minimum Gasteiger partial charge on any atom is -0.481 e. The largest absolute Gasteiger partial charge is 0.481 e. The molecule has 1 N–H and O–H groups in total. The third kappa shape index (κ3) is 5.62. The summed E-state index contributed by atoms with van der Waals surface area (Å²) in [7, 11) is 1.47. The van der Waals surface area contributed by atoms with Crippen LogP contribution in [0.1, 0.15) is 53.5 Å². The fourth-order valence-electron chi connectivity index (χ4n) is 4.79. The summed E-state index contributed by atoms with van der Waals surface area (Å²) in [5.74, 6) is -0.871. The van der Waals surface area contributed by atoms with Gasteiger partial charge in [0.15, 0.2) is 5.69 Å². The van der Waals surface area contributed by atoms with Crippen LogP contribution in [0, 0.1) is 11.7 Å². The second-order valence-corrected chi connectivity index (χ2v) is 16.5. The first-order chi connectivity index (χ1) is 17.1. The van der Waals surface area contributed by atoms with Gasteiger partial charge < -0.3 is 19.1 Å². The highest BCUT2D eigenvalue weighted by atomic mass is 28.3. The fraction of sp³-hybridized carbons (Fsp3) is 0.600. The number of H-pyrrole nitrogens is 1. The molecule has 0 bridgehead atoms. The van der Waals surface area contributed by atoms with Crippen molar-refractivity contribution in [2.24, 2.45) is 5.92 Å². The van der Waals surface area contributed by atoms with Gasteiger partial charge in [0.05, 0.1) is 32.0 Å². The summed E-state index contributed by atoms with van der Waals surface area (Å²) in [6, 6.07) is 4.04. The van der Waals surface area contributed by atoms with Gasteiger partial charge in [-0.15, -0.1) is 0 Å². The molecule has 1 aliphatic heterocycles. The Morgan fingerprint density at radius 2 is 2.03 bits per heavy atom. The summed E-state index contributed by atoms with van der Waals surface area (Å²) in [5.41, 5.74) is 0.673. The van der Waals surface area contributed by atoms with Crippen LogP contribution in [0.2, 0.25) is 25.7 Å². The zero-order valence-electron chi connectivity index (χ0n) is 21.6. The number of hydrogen-bond donors (Lipinski definition) is 1. The van der Waals surface area contributed by atoms with Crippen LogP contribution in [0.15, 0.2) is 18.3 Å². The summed E-state index contributed by atoms with van der Waals surface area (Å²) in [6.45, 7) is 7.63. The van der Waals surface area contributed by atoms with Gasteiger partial charge in [0.25, 0.3) is 5.91 Å². The van der Waals surface area contributed by atoms with Crippen LogP contribution in [-0.4, -0.2) is 72.9 Å². The molecule has 1 saturated carbocycles. The van der Waals surface area contributed by atoms with E-state index in [1.165, 1.54) is 20.3 Å². The highest BCUT2D eigenvalue weighted by Gasteiger charge is 2.55. The minimum atomic E-state index is -1.39. The Morgan fingerprint density at radius 1 is 1.28 bits per heavy atom. The molecular weight excluding hydrogens is 483 g/mol. The van der Waals surface area contributed by atoms with E-state index in [0.29, 0.717) is 31.7 Å². The number of nitrogens with zero attached hydrogens (tertiary/aromatic N) is 3. The van der Waals surface area contributed by atoms with E-state index in [1.807, 2.05) is 4.90 Å². The molecule has 2 fully saturated rings. The van der Waals surface area contributed by atoms with Crippen LogP contribution in [-0.2, 0) is 14.3 Å². The van der Waals surface area contributed by atoms with Crippen molar-refractivity contribution < 1.29 is 28.2 Å². The van der Waals surface area contributed by atoms with E-state index in [4.69, 9.17) is 14.2 Å². The zero-order chi connectivity index (χ0) is 26.1. The average molecular weight is 519 g/mol. The van der Waals surface area contributed by atoms with Crippen LogP contribution < -0.4 is 4.74 Å². The van der Waals surface area contributed by atoms with E-state index in [1.54, 1.807) is 6.07 Å². The molecule has 196 valence electrons. The molecule has 9 nitrogen and oxygen atoms in total. The van der Waals surface area contributed by atoms with Crippen LogP contribution in [0.4, 0.5) is 4.39 Å². The molecule has 1 aliphatic carbocycles. The van der Waals surface area contributed by atoms with Crippen molar-refractivity contribution in [1.29, 1.82) is 0 Å². The Labute approximate surface area is 211 Å². The zero-order valence-corrected chi connectivity index (χ0v) is 22.6. The lowest BCUT2D eigenvalue weighted by atomic mass is 9.88. The predicted octanol–water partition coefficient (Wildman–Crippen LogP) is 3.95. The number of carbonyl (C=O) groups excluding carboxylic acids is 2. The van der Waals surface area contributed by atoms with E-state index in [0.717, 1.165) is 25.1 Å². The van der Waals surface area contributed by atoms with Gasteiger partial charge in [-0.1, -0.05) is 19.6 Å². The molecule has 0 radical (unpaired) electrons. The number of halogens is 1. The first kappa shape index (κ1) is 26.3. The number of rotatable bonds is 9. The summed E-state index contributed by atoms with van der Waals surface area (Å²) in [6.07, 6.45) is 3.18. The van der Waals surface area contributed by atoms with Gasteiger partial charge in [0.2, 0.25) is 5.88 Å². The molecule has 1 spiro atoms. The number of piperidine rings is 1. The van der Waals surface area contributed by atoms with E-state index >= 15 is 0 Å². The Bertz CT molecular complexity index is 1110. The molecular formula is C25H35FN4O5Si. The van der Waals surface area contributed by atoms with E-state index in [2.05, 4.69) is 34.8 Å². The molecule has 4 rings (SSSR count). The molecule has 2 aliphatic rings. The SMILES string of the molecule is COC(=O)C1CCN(C(=O)c2cc(C(OCC[Si](C)(C)C)c3cc(OC)ncc3F)[nH]n2)C2(CC2)C1. The molecule has 2 atom stereocenters. The molecule has 36 heavy (non-hydrogen) atoms. The monoisotopic (exact) mass is 518 g/mol. The first-order valence-corrected chi connectivity index (χ1v) is 16.0. The number of ether oxygens (including phenoxy) is 3. The Hall–Kier alpha value is -2.79. The Balaban J connectivity index is 1.57. The number of nitrogens with one attached hydrogen (secondary N) is 1. The second-order valence-electron chi connectivity index (χ2n) is 10.9. The topological polar surface area (TPSA) is 107 Å². The van der Waals surface area contributed by atoms with Gasteiger partial charge in [0, 0.05) is 38.4 Å². The number of aromatic nitrogens is 3. The van der Waals surface area contributed by atoms with Crippen molar-refractivity contribution in [1.82, 2.24) is 20.1 Å². The van der Waals surface area contributed by atoms with Crippen molar-refractivity contribution >= 4 is 20.0 Å². The molecule has 0 aromatic carbocycles. The number of hydrogen-bond acceptors (Lipinski definition) is 7. The van der Waals surface area contributed by atoms with Crippen molar-refractivity contribution in [2.75, 3.05) is 27.4 Å². The van der Waals surface area contributed by atoms with Gasteiger partial charge in [-0.25, -0.2) is 9.37 Å². The number of esters is 1. The van der Waals surface area contributed by atoms with Gasteiger partial charge in [-0.05, 0) is 37.8 Å². The molecule has 2 aromatic heterocycles. The summed E-state index contributed by atoms with van der Waals surface area (Å²) in [4.78, 5) is 31.3. The molecule has 1 amide bonds. The lowest BCUT2D eigenvalue weighted by Crippen LogP contribution is -2.49. The van der Waals surface area contributed by atoms with Gasteiger partial charge in [-0.3, -0.25) is 14.7 Å². The van der Waals surface area contributed by atoms with Gasteiger partial charge in [0.1, 0.15) is 11.9 Å². The van der Waals surface area contributed by atoms with Crippen molar-refractivity contribution in [2.45, 2.75) is 63.0 Å². The number of aromatic amines is 1. The second kappa shape index (κ2) is 10.3. The summed E-state index contributed by atoms with van der Waals surface area (Å²) >= 11 is 0. The standard InChI is InChI=1S/C25H35FN4O5Si/c1-33-21-12-17(18(26)15-27-21)22(35-10-11-36(3,4)5)19-13-20(29-28-19)23(31)30-9-6-16(24(32)34-2)14-25(30)7-8-25/h12-13,15-16,22H,6-11,14H2,1-5H3,(H,28,29). The first-order valence-electron chi connectivity index (χ1n) is 12.3. The van der Waals surface area contributed by atoms with Crippen LogP contribution in [0.5, 0.6) is 5.88 Å². The normalized spacial score (nSPS) is 19.7. The van der Waals surface area contributed by atoms with Crippen LogP contribution >= 0.6 is 0 Å². The van der Waals surface area contributed by atoms with E-state index in [9.17, 15) is 14.0 Å². The smallest absolute Gasteiger partial charge is 0.308 e. The number of likely N-dealkylation sites (tertiary alicyclic amines) is 1. The summed E-state index contributed by atoms with van der Waals surface area (Å²) < 4.78 is 31.2. The Kier molecular flexibility index (Phi) is 7.51. The van der Waals surface area contributed by atoms with Crippen LogP contribution in [0.25, 0.3) is 0 Å². The number of amides is 1. The number of methoxy groups -OCH3 is 2. The number of pyridine rings is 1. The highest BCUT2D eigenvalue weighted by Crippen LogP contribution is 2.50. The fourth-order valence-corrected chi connectivity index (χ4v) is 5.52. The maximum absolute atomic E-state index is 14.9. The molecule has 2 aromatic rings. The lowest BCUT2D eigenvalue weighted by molar-refractivity contribution is -0.147.